The van der Waals surface area contributed by atoms with Gasteiger partial charge in [-0.2, -0.15) is 0 Å². The van der Waals surface area contributed by atoms with Crippen molar-refractivity contribution < 1.29 is 19.2 Å². The molecule has 0 aliphatic heterocycles. The summed E-state index contributed by atoms with van der Waals surface area (Å²) < 4.78 is 11.0. The molecule has 3 aromatic rings. The van der Waals surface area contributed by atoms with Crippen LogP contribution in [-0.2, 0) is 11.2 Å². The topological polar surface area (TPSA) is 104 Å². The highest BCUT2D eigenvalue weighted by molar-refractivity contribution is 5.92. The van der Waals surface area contributed by atoms with Crippen LogP contribution in [0.3, 0.4) is 0 Å². The number of benzene rings is 2. The van der Waals surface area contributed by atoms with Gasteiger partial charge in [0.1, 0.15) is 0 Å². The molecule has 1 N–H and O–H groups in total. The molecular formula is C21H19N3O5. The number of nitro benzene ring substituents is 1. The van der Waals surface area contributed by atoms with Gasteiger partial charge in [0, 0.05) is 17.7 Å². The Labute approximate surface area is 167 Å². The van der Waals surface area contributed by atoms with E-state index in [9.17, 15) is 14.9 Å². The minimum Gasteiger partial charge on any atom is -0.493 e. The third-order valence-corrected chi connectivity index (χ3v) is 4.09. The molecule has 0 spiro atoms. The van der Waals surface area contributed by atoms with Crippen LogP contribution < -0.4 is 14.8 Å². The molecule has 1 amide bonds. The number of rotatable bonds is 7. The summed E-state index contributed by atoms with van der Waals surface area (Å²) in [4.78, 5) is 27.0. The number of aromatic nitrogens is 1. The zero-order chi connectivity index (χ0) is 20.8. The summed E-state index contributed by atoms with van der Waals surface area (Å²) in [6.45, 7) is 1.95. The minimum absolute atomic E-state index is 0.0865. The van der Waals surface area contributed by atoms with Gasteiger partial charge >= 0.3 is 0 Å². The van der Waals surface area contributed by atoms with Crippen LogP contribution in [0, 0.1) is 17.0 Å². The van der Waals surface area contributed by atoms with Crippen molar-refractivity contribution in [2.45, 2.75) is 13.3 Å². The van der Waals surface area contributed by atoms with Crippen LogP contribution in [0.1, 0.15) is 11.1 Å². The molecule has 29 heavy (non-hydrogen) atoms. The van der Waals surface area contributed by atoms with E-state index in [1.54, 1.807) is 43.5 Å². The lowest BCUT2D eigenvalue weighted by Gasteiger charge is -2.11. The SMILES string of the molecule is COc1cc(C)ccc1Oc1ccc(NC(=O)Cc2ccccc2[N+](=O)[O-])cn1. The maximum atomic E-state index is 12.2. The van der Waals surface area contributed by atoms with E-state index in [0.717, 1.165) is 5.56 Å². The number of amides is 1. The number of nitrogens with zero attached hydrogens (tertiary/aromatic N) is 2. The molecule has 0 bridgehead atoms. The number of methoxy groups -OCH3 is 1. The highest BCUT2D eigenvalue weighted by atomic mass is 16.6. The molecule has 0 fully saturated rings. The molecule has 1 heterocycles. The van der Waals surface area contributed by atoms with Crippen LogP contribution in [0.15, 0.2) is 60.8 Å². The number of nitro groups is 1. The van der Waals surface area contributed by atoms with Gasteiger partial charge in [-0.25, -0.2) is 4.98 Å². The van der Waals surface area contributed by atoms with E-state index < -0.39 is 4.92 Å². The number of pyridine rings is 1. The Kier molecular flexibility index (Phi) is 6.03. The predicted octanol–water partition coefficient (Wildman–Crippen LogP) is 4.28. The zero-order valence-electron chi connectivity index (χ0n) is 15.9. The van der Waals surface area contributed by atoms with E-state index in [1.807, 2.05) is 19.1 Å². The molecule has 3 rings (SSSR count). The van der Waals surface area contributed by atoms with Gasteiger partial charge in [-0.1, -0.05) is 24.3 Å². The van der Waals surface area contributed by atoms with E-state index in [0.29, 0.717) is 28.6 Å². The Morgan fingerprint density at radius 3 is 2.62 bits per heavy atom. The lowest BCUT2D eigenvalue weighted by atomic mass is 10.1. The van der Waals surface area contributed by atoms with Crippen molar-refractivity contribution in [2.24, 2.45) is 0 Å². The summed E-state index contributed by atoms with van der Waals surface area (Å²) in [6.07, 6.45) is 1.34. The second-order valence-corrected chi connectivity index (χ2v) is 6.25. The molecule has 0 saturated carbocycles. The van der Waals surface area contributed by atoms with Crippen LogP contribution in [-0.4, -0.2) is 22.9 Å². The molecule has 1 aromatic heterocycles. The van der Waals surface area contributed by atoms with Crippen molar-refractivity contribution in [3.63, 3.8) is 0 Å². The molecule has 0 saturated heterocycles. The van der Waals surface area contributed by atoms with Crippen molar-refractivity contribution in [3.8, 4) is 17.4 Å². The first kappa shape index (κ1) is 19.8. The Hall–Kier alpha value is -3.94. The molecule has 0 unspecified atom stereocenters. The first-order valence-corrected chi connectivity index (χ1v) is 8.77. The fraction of sp³-hybridized carbons (Fsp3) is 0.143. The average Bonchev–Trinajstić information content (AvgIpc) is 2.71. The number of aryl methyl sites for hydroxylation is 1. The van der Waals surface area contributed by atoms with Crippen LogP contribution in [0.2, 0.25) is 0 Å². The second kappa shape index (κ2) is 8.83. The molecule has 8 heteroatoms. The van der Waals surface area contributed by atoms with E-state index in [1.165, 1.54) is 12.3 Å². The Morgan fingerprint density at radius 2 is 1.93 bits per heavy atom. The maximum absolute atomic E-state index is 12.2. The normalized spacial score (nSPS) is 10.3. The number of hydrogen-bond acceptors (Lipinski definition) is 6. The molecule has 8 nitrogen and oxygen atoms in total. The predicted molar refractivity (Wildman–Crippen MR) is 107 cm³/mol. The standard InChI is InChI=1S/C21H19N3O5/c1-14-7-9-18(19(11-14)28-2)29-21-10-8-16(13-22-21)23-20(25)12-15-5-3-4-6-17(15)24(26)27/h3-11,13H,12H2,1-2H3,(H,23,25). The minimum atomic E-state index is -0.504. The van der Waals surface area contributed by atoms with Crippen molar-refractivity contribution in [1.29, 1.82) is 0 Å². The first-order chi connectivity index (χ1) is 14.0. The molecular weight excluding hydrogens is 374 g/mol. The van der Waals surface area contributed by atoms with Crippen LogP contribution >= 0.6 is 0 Å². The number of hydrogen-bond donors (Lipinski definition) is 1. The summed E-state index contributed by atoms with van der Waals surface area (Å²) in [7, 11) is 1.56. The van der Waals surface area contributed by atoms with Crippen molar-refractivity contribution in [3.05, 3.63) is 82.0 Å². The highest BCUT2D eigenvalue weighted by Crippen LogP contribution is 2.31. The Bertz CT molecular complexity index is 1030. The smallest absolute Gasteiger partial charge is 0.273 e. The van der Waals surface area contributed by atoms with Gasteiger partial charge in [-0.15, -0.1) is 0 Å². The average molecular weight is 393 g/mol. The number of carbonyl (C=O) groups excluding carboxylic acids is 1. The van der Waals surface area contributed by atoms with Crippen molar-refractivity contribution in [2.75, 3.05) is 12.4 Å². The number of nitrogens with one attached hydrogen (secondary N) is 1. The van der Waals surface area contributed by atoms with Crippen LogP contribution in [0.25, 0.3) is 0 Å². The van der Waals surface area contributed by atoms with Gasteiger partial charge < -0.3 is 14.8 Å². The number of ether oxygens (including phenoxy) is 2. The fourth-order valence-electron chi connectivity index (χ4n) is 2.70. The zero-order valence-corrected chi connectivity index (χ0v) is 15.9. The number of carbonyl (C=O) groups is 1. The summed E-state index contributed by atoms with van der Waals surface area (Å²) in [5.41, 5.74) is 1.75. The summed E-state index contributed by atoms with van der Waals surface area (Å²) in [5, 5.41) is 13.7. The third-order valence-electron chi connectivity index (χ3n) is 4.09. The summed E-state index contributed by atoms with van der Waals surface area (Å²) >= 11 is 0. The fourth-order valence-corrected chi connectivity index (χ4v) is 2.70. The highest BCUT2D eigenvalue weighted by Gasteiger charge is 2.15. The summed E-state index contributed by atoms with van der Waals surface area (Å²) in [6, 6.07) is 14.9. The maximum Gasteiger partial charge on any atom is 0.273 e. The van der Waals surface area contributed by atoms with E-state index in [4.69, 9.17) is 9.47 Å². The van der Waals surface area contributed by atoms with E-state index >= 15 is 0 Å². The third kappa shape index (κ3) is 5.07. The van der Waals surface area contributed by atoms with Gasteiger partial charge in [0.15, 0.2) is 11.5 Å². The molecule has 0 aliphatic carbocycles. The Morgan fingerprint density at radius 1 is 1.14 bits per heavy atom. The molecule has 0 atom stereocenters. The number of para-hydroxylation sites is 1. The molecule has 148 valence electrons. The quantitative estimate of drug-likeness (QED) is 0.475. The Balaban J connectivity index is 1.65. The van der Waals surface area contributed by atoms with Crippen molar-refractivity contribution >= 4 is 17.3 Å². The van der Waals surface area contributed by atoms with Gasteiger partial charge in [-0.3, -0.25) is 14.9 Å². The van der Waals surface area contributed by atoms with Crippen molar-refractivity contribution in [1.82, 2.24) is 4.98 Å². The molecule has 0 aliphatic rings. The monoisotopic (exact) mass is 393 g/mol. The van der Waals surface area contributed by atoms with Gasteiger partial charge in [0.25, 0.3) is 5.69 Å². The first-order valence-electron chi connectivity index (χ1n) is 8.77. The lowest BCUT2D eigenvalue weighted by molar-refractivity contribution is -0.385. The molecule has 2 aromatic carbocycles. The van der Waals surface area contributed by atoms with Crippen LogP contribution in [0.4, 0.5) is 11.4 Å². The largest absolute Gasteiger partial charge is 0.493 e. The van der Waals surface area contributed by atoms with E-state index in [2.05, 4.69) is 10.3 Å². The number of anilines is 1. The van der Waals surface area contributed by atoms with Crippen LogP contribution in [0.5, 0.6) is 17.4 Å². The summed E-state index contributed by atoms with van der Waals surface area (Å²) in [5.74, 6) is 1.08. The van der Waals surface area contributed by atoms with E-state index in [-0.39, 0.29) is 18.0 Å². The van der Waals surface area contributed by atoms with Gasteiger partial charge in [0.05, 0.1) is 30.3 Å². The molecule has 0 radical (unpaired) electrons. The second-order valence-electron chi connectivity index (χ2n) is 6.25. The van der Waals surface area contributed by atoms with Gasteiger partial charge in [0.2, 0.25) is 11.8 Å². The van der Waals surface area contributed by atoms with Gasteiger partial charge in [-0.05, 0) is 30.7 Å². The lowest BCUT2D eigenvalue weighted by Crippen LogP contribution is -2.15.